The van der Waals surface area contributed by atoms with E-state index in [0.717, 1.165) is 22.3 Å². The average molecular weight is 383 g/mol. The van der Waals surface area contributed by atoms with Crippen LogP contribution in [-0.2, 0) is 12.3 Å². The van der Waals surface area contributed by atoms with Gasteiger partial charge in [0, 0.05) is 12.3 Å². The molecule has 0 unspecified atom stereocenters. The minimum absolute atomic E-state index is 0.235. The Bertz CT molecular complexity index is 908. The van der Waals surface area contributed by atoms with Crippen LogP contribution in [0, 0.1) is 12.7 Å². The van der Waals surface area contributed by atoms with Gasteiger partial charge in [-0.2, -0.15) is 0 Å². The largest absolute Gasteiger partial charge is 0.483 e. The molecular weight excluding hydrogens is 361 g/mol. The molecule has 27 heavy (non-hydrogen) atoms. The third-order valence-corrected chi connectivity index (χ3v) is 5.05. The normalized spacial score (nSPS) is 12.0. The van der Waals surface area contributed by atoms with Crippen molar-refractivity contribution in [2.45, 2.75) is 37.4 Å². The molecular formula is C21H22FN3OS. The molecule has 0 aliphatic rings. The lowest BCUT2D eigenvalue weighted by atomic mass is 10.2. The molecule has 0 aliphatic heterocycles. The lowest BCUT2D eigenvalue weighted by Gasteiger charge is -2.16. The van der Waals surface area contributed by atoms with Gasteiger partial charge in [0.1, 0.15) is 11.6 Å². The summed E-state index contributed by atoms with van der Waals surface area (Å²) in [7, 11) is 0. The number of rotatable bonds is 8. The molecule has 0 bridgehead atoms. The van der Waals surface area contributed by atoms with E-state index in [-0.39, 0.29) is 11.9 Å². The topological polar surface area (TPSA) is 39.9 Å². The van der Waals surface area contributed by atoms with Crippen LogP contribution in [0.1, 0.15) is 30.0 Å². The number of hydrogen-bond acceptors (Lipinski definition) is 4. The van der Waals surface area contributed by atoms with E-state index in [1.165, 1.54) is 29.5 Å². The van der Waals surface area contributed by atoms with Crippen molar-refractivity contribution in [2.75, 3.05) is 0 Å². The minimum atomic E-state index is -0.260. The molecule has 1 atom stereocenters. The highest BCUT2D eigenvalue weighted by Crippen LogP contribution is 2.27. The summed E-state index contributed by atoms with van der Waals surface area (Å²) >= 11 is 1.51. The molecule has 140 valence electrons. The predicted octanol–water partition coefficient (Wildman–Crippen LogP) is 5.34. The molecule has 0 radical (unpaired) electrons. The molecule has 0 saturated carbocycles. The van der Waals surface area contributed by atoms with Crippen molar-refractivity contribution < 1.29 is 9.13 Å². The second kappa shape index (κ2) is 8.86. The summed E-state index contributed by atoms with van der Waals surface area (Å²) in [6, 6.07) is 14.5. The van der Waals surface area contributed by atoms with E-state index < -0.39 is 0 Å². The first-order valence-electron chi connectivity index (χ1n) is 8.71. The van der Waals surface area contributed by atoms with E-state index in [4.69, 9.17) is 4.74 Å². The molecule has 4 nitrogen and oxygen atoms in total. The highest BCUT2D eigenvalue weighted by molar-refractivity contribution is 7.98. The minimum Gasteiger partial charge on any atom is -0.483 e. The zero-order valence-electron chi connectivity index (χ0n) is 15.4. The average Bonchev–Trinajstić information content (AvgIpc) is 3.05. The van der Waals surface area contributed by atoms with Crippen LogP contribution in [-0.4, -0.2) is 14.8 Å². The van der Waals surface area contributed by atoms with Crippen molar-refractivity contribution in [2.24, 2.45) is 0 Å². The van der Waals surface area contributed by atoms with Gasteiger partial charge in [-0.25, -0.2) is 4.39 Å². The Morgan fingerprint density at radius 2 is 2.00 bits per heavy atom. The van der Waals surface area contributed by atoms with E-state index in [2.05, 4.69) is 16.8 Å². The quantitative estimate of drug-likeness (QED) is 0.389. The van der Waals surface area contributed by atoms with Gasteiger partial charge in [-0.1, -0.05) is 47.7 Å². The van der Waals surface area contributed by atoms with Crippen molar-refractivity contribution >= 4 is 11.8 Å². The van der Waals surface area contributed by atoms with Gasteiger partial charge < -0.3 is 4.74 Å². The van der Waals surface area contributed by atoms with E-state index in [1.54, 1.807) is 12.1 Å². The molecule has 0 spiro atoms. The fourth-order valence-electron chi connectivity index (χ4n) is 2.66. The lowest BCUT2D eigenvalue weighted by molar-refractivity contribution is 0.210. The Morgan fingerprint density at radius 3 is 2.70 bits per heavy atom. The van der Waals surface area contributed by atoms with Gasteiger partial charge in [-0.3, -0.25) is 4.57 Å². The molecule has 0 amide bonds. The summed E-state index contributed by atoms with van der Waals surface area (Å²) in [5.41, 5.74) is 2.08. The summed E-state index contributed by atoms with van der Waals surface area (Å²) in [5, 5.41) is 9.38. The number of ether oxygens (including phenoxy) is 1. The van der Waals surface area contributed by atoms with Crippen LogP contribution >= 0.6 is 11.8 Å². The van der Waals surface area contributed by atoms with Crippen LogP contribution in [0.25, 0.3) is 0 Å². The van der Waals surface area contributed by atoms with Gasteiger partial charge in [-0.05, 0) is 43.7 Å². The number of aromatic nitrogens is 3. The Kier molecular flexibility index (Phi) is 6.29. The molecule has 1 heterocycles. The number of hydrogen-bond donors (Lipinski definition) is 0. The van der Waals surface area contributed by atoms with Crippen molar-refractivity contribution in [3.8, 4) is 5.75 Å². The Hall–Kier alpha value is -2.60. The first kappa shape index (κ1) is 19.2. The first-order valence-corrected chi connectivity index (χ1v) is 9.70. The van der Waals surface area contributed by atoms with Crippen molar-refractivity contribution in [3.05, 3.63) is 84.0 Å². The summed E-state index contributed by atoms with van der Waals surface area (Å²) in [4.78, 5) is 0. The van der Waals surface area contributed by atoms with Crippen LogP contribution in [0.2, 0.25) is 0 Å². The maximum absolute atomic E-state index is 13.4. The van der Waals surface area contributed by atoms with E-state index in [9.17, 15) is 4.39 Å². The van der Waals surface area contributed by atoms with Crippen molar-refractivity contribution in [1.29, 1.82) is 0 Å². The number of allylic oxidation sites excluding steroid dienone is 1. The number of halogens is 1. The van der Waals surface area contributed by atoms with E-state index in [1.807, 2.05) is 48.7 Å². The lowest BCUT2D eigenvalue weighted by Crippen LogP contribution is -2.12. The maximum Gasteiger partial charge on any atom is 0.191 e. The van der Waals surface area contributed by atoms with Crippen LogP contribution in [0.4, 0.5) is 4.39 Å². The molecule has 3 rings (SSSR count). The molecule has 0 N–H and O–H groups in total. The molecule has 2 aromatic carbocycles. The third-order valence-electron chi connectivity index (χ3n) is 4.01. The molecule has 3 aromatic rings. The van der Waals surface area contributed by atoms with E-state index >= 15 is 0 Å². The van der Waals surface area contributed by atoms with Crippen molar-refractivity contribution in [3.63, 3.8) is 0 Å². The van der Waals surface area contributed by atoms with Gasteiger partial charge >= 0.3 is 0 Å². The highest BCUT2D eigenvalue weighted by atomic mass is 32.2. The number of aryl methyl sites for hydroxylation is 1. The second-order valence-electron chi connectivity index (χ2n) is 6.23. The van der Waals surface area contributed by atoms with Gasteiger partial charge in [0.05, 0.1) is 0 Å². The fourth-order valence-corrected chi connectivity index (χ4v) is 3.55. The summed E-state index contributed by atoms with van der Waals surface area (Å²) in [6.45, 7) is 8.39. The molecule has 6 heteroatoms. The molecule has 0 aliphatic carbocycles. The zero-order valence-corrected chi connectivity index (χ0v) is 16.2. The molecule has 1 aromatic heterocycles. The molecule has 0 fully saturated rings. The maximum atomic E-state index is 13.4. The van der Waals surface area contributed by atoms with Crippen LogP contribution in [0.3, 0.4) is 0 Å². The van der Waals surface area contributed by atoms with Crippen LogP contribution in [0.15, 0.2) is 66.3 Å². The Morgan fingerprint density at radius 1 is 1.22 bits per heavy atom. The number of benzene rings is 2. The fraction of sp³-hybridized carbons (Fsp3) is 0.238. The zero-order chi connectivity index (χ0) is 19.2. The standard InChI is InChI=1S/C21H22FN3OS/c1-4-12-25-20(16(3)26-19-10-8-15(2)9-11-19)23-24-21(25)27-14-17-6-5-7-18(22)13-17/h4-11,13,16H,1,12,14H2,2-3H3/t16-/m1/s1. The van der Waals surface area contributed by atoms with Gasteiger partial charge in [-0.15, -0.1) is 16.8 Å². The second-order valence-corrected chi connectivity index (χ2v) is 7.17. The summed E-state index contributed by atoms with van der Waals surface area (Å²) < 4.78 is 21.4. The molecule has 0 saturated heterocycles. The SMILES string of the molecule is C=CCn1c(SCc2cccc(F)c2)nnc1[C@@H](C)Oc1ccc(C)cc1. The van der Waals surface area contributed by atoms with Crippen LogP contribution in [0.5, 0.6) is 5.75 Å². The van der Waals surface area contributed by atoms with Gasteiger partial charge in [0.15, 0.2) is 17.1 Å². The number of thioether (sulfide) groups is 1. The monoisotopic (exact) mass is 383 g/mol. The van der Waals surface area contributed by atoms with Gasteiger partial charge in [0.25, 0.3) is 0 Å². The smallest absolute Gasteiger partial charge is 0.191 e. The van der Waals surface area contributed by atoms with Gasteiger partial charge in [0.2, 0.25) is 0 Å². The third kappa shape index (κ3) is 4.98. The Labute approximate surface area is 163 Å². The van der Waals surface area contributed by atoms with E-state index in [0.29, 0.717) is 12.3 Å². The number of nitrogens with zero attached hydrogens (tertiary/aromatic N) is 3. The Balaban J connectivity index is 1.75. The summed E-state index contributed by atoms with van der Waals surface area (Å²) in [5.74, 6) is 1.90. The van der Waals surface area contributed by atoms with Crippen LogP contribution < -0.4 is 4.74 Å². The predicted molar refractivity (Wildman–Crippen MR) is 106 cm³/mol. The van der Waals surface area contributed by atoms with Crippen molar-refractivity contribution in [1.82, 2.24) is 14.8 Å². The summed E-state index contributed by atoms with van der Waals surface area (Å²) in [6.07, 6.45) is 1.54. The first-order chi connectivity index (χ1) is 13.1. The highest BCUT2D eigenvalue weighted by Gasteiger charge is 2.19.